The molecule has 0 bridgehead atoms. The van der Waals surface area contributed by atoms with Gasteiger partial charge in [-0.25, -0.2) is 0 Å². The molecule has 2 aromatic heterocycles. The van der Waals surface area contributed by atoms with Gasteiger partial charge in [0, 0.05) is 24.6 Å². The molecule has 2 unspecified atom stereocenters. The molecule has 0 saturated heterocycles. The summed E-state index contributed by atoms with van der Waals surface area (Å²) >= 11 is 1.62. The zero-order valence-electron chi connectivity index (χ0n) is 10.1. The van der Waals surface area contributed by atoms with E-state index in [1.165, 1.54) is 5.56 Å². The van der Waals surface area contributed by atoms with E-state index in [9.17, 15) is 5.11 Å². The first kappa shape index (κ1) is 12.0. The van der Waals surface area contributed by atoms with E-state index in [2.05, 4.69) is 5.32 Å². The highest BCUT2D eigenvalue weighted by Crippen LogP contribution is 2.30. The lowest BCUT2D eigenvalue weighted by atomic mass is 9.93. The lowest BCUT2D eigenvalue weighted by Gasteiger charge is -2.24. The second-order valence-electron chi connectivity index (χ2n) is 4.72. The van der Waals surface area contributed by atoms with Crippen LogP contribution in [-0.2, 0) is 6.42 Å². The fourth-order valence-corrected chi connectivity index (χ4v) is 3.24. The van der Waals surface area contributed by atoms with Crippen LogP contribution in [0.2, 0.25) is 0 Å². The van der Waals surface area contributed by atoms with Crippen molar-refractivity contribution in [2.75, 3.05) is 6.54 Å². The minimum Gasteiger partial charge on any atom is -0.469 e. The molecule has 2 aromatic rings. The van der Waals surface area contributed by atoms with Gasteiger partial charge in [-0.3, -0.25) is 0 Å². The van der Waals surface area contributed by atoms with Crippen LogP contribution in [0.1, 0.15) is 41.9 Å². The molecule has 0 aromatic carbocycles. The van der Waals surface area contributed by atoms with Crippen molar-refractivity contribution in [3.63, 3.8) is 0 Å². The molecule has 0 aliphatic heterocycles. The molecule has 0 saturated carbocycles. The summed E-state index contributed by atoms with van der Waals surface area (Å²) in [5, 5.41) is 17.5. The van der Waals surface area contributed by atoms with Gasteiger partial charge in [0.2, 0.25) is 0 Å². The van der Waals surface area contributed by atoms with Crippen LogP contribution in [-0.4, -0.2) is 11.7 Å². The van der Waals surface area contributed by atoms with Crippen molar-refractivity contribution in [1.82, 2.24) is 5.32 Å². The number of thiophene rings is 1. The first-order chi connectivity index (χ1) is 8.84. The van der Waals surface area contributed by atoms with Gasteiger partial charge < -0.3 is 14.8 Å². The number of fused-ring (bicyclic) bond motifs is 1. The van der Waals surface area contributed by atoms with Crippen molar-refractivity contribution in [3.05, 3.63) is 46.0 Å². The van der Waals surface area contributed by atoms with Gasteiger partial charge in [0.25, 0.3) is 0 Å². The van der Waals surface area contributed by atoms with Crippen LogP contribution in [0.4, 0.5) is 0 Å². The van der Waals surface area contributed by atoms with Crippen molar-refractivity contribution in [1.29, 1.82) is 0 Å². The third-order valence-corrected chi connectivity index (χ3v) is 4.24. The van der Waals surface area contributed by atoms with Gasteiger partial charge in [-0.2, -0.15) is 11.3 Å². The Balaban J connectivity index is 1.62. The molecule has 4 heteroatoms. The Kier molecular flexibility index (Phi) is 3.50. The van der Waals surface area contributed by atoms with E-state index in [0.29, 0.717) is 12.6 Å². The fourth-order valence-electron chi connectivity index (χ4n) is 2.53. The standard InChI is InChI=1S/C14H17NO2S/c16-13(10-5-7-18-9-10)8-15-12-2-1-3-14-11(12)4-6-17-14/h4-7,9,12-13,15-16H,1-3,8H2. The molecular formula is C14H17NO2S. The highest BCUT2D eigenvalue weighted by molar-refractivity contribution is 7.07. The smallest absolute Gasteiger partial charge is 0.108 e. The van der Waals surface area contributed by atoms with Gasteiger partial charge in [-0.05, 0) is 41.3 Å². The van der Waals surface area contributed by atoms with Crippen molar-refractivity contribution in [2.45, 2.75) is 31.4 Å². The molecule has 2 heterocycles. The summed E-state index contributed by atoms with van der Waals surface area (Å²) in [6.45, 7) is 0.589. The van der Waals surface area contributed by atoms with Gasteiger partial charge in [0.15, 0.2) is 0 Å². The van der Waals surface area contributed by atoms with Crippen LogP contribution in [0.15, 0.2) is 33.6 Å². The molecule has 0 fully saturated rings. The molecule has 0 spiro atoms. The largest absolute Gasteiger partial charge is 0.469 e. The maximum Gasteiger partial charge on any atom is 0.108 e. The zero-order chi connectivity index (χ0) is 12.4. The van der Waals surface area contributed by atoms with Crippen LogP contribution in [0, 0.1) is 0 Å². The summed E-state index contributed by atoms with van der Waals surface area (Å²) in [6, 6.07) is 4.34. The predicted molar refractivity (Wildman–Crippen MR) is 71.7 cm³/mol. The van der Waals surface area contributed by atoms with E-state index in [4.69, 9.17) is 4.42 Å². The fraction of sp³-hybridized carbons (Fsp3) is 0.429. The van der Waals surface area contributed by atoms with E-state index >= 15 is 0 Å². The van der Waals surface area contributed by atoms with Gasteiger partial charge in [-0.1, -0.05) is 0 Å². The summed E-state index contributed by atoms with van der Waals surface area (Å²) in [4.78, 5) is 0. The summed E-state index contributed by atoms with van der Waals surface area (Å²) in [5.74, 6) is 1.10. The third-order valence-electron chi connectivity index (χ3n) is 3.54. The second kappa shape index (κ2) is 5.26. The first-order valence-electron chi connectivity index (χ1n) is 6.34. The highest BCUT2D eigenvalue weighted by atomic mass is 32.1. The number of rotatable bonds is 4. The maximum atomic E-state index is 10.1. The van der Waals surface area contributed by atoms with Crippen LogP contribution in [0.3, 0.4) is 0 Å². The number of aliphatic hydroxyl groups is 1. The zero-order valence-corrected chi connectivity index (χ0v) is 11.0. The Morgan fingerprint density at radius 1 is 1.50 bits per heavy atom. The summed E-state index contributed by atoms with van der Waals surface area (Å²) in [5.41, 5.74) is 2.26. The Morgan fingerprint density at radius 3 is 3.28 bits per heavy atom. The molecule has 0 radical (unpaired) electrons. The Bertz CT molecular complexity index is 492. The minimum atomic E-state index is -0.423. The number of aryl methyl sites for hydroxylation is 1. The van der Waals surface area contributed by atoms with E-state index in [1.54, 1.807) is 17.6 Å². The van der Waals surface area contributed by atoms with Crippen LogP contribution in [0.25, 0.3) is 0 Å². The van der Waals surface area contributed by atoms with Gasteiger partial charge in [-0.15, -0.1) is 0 Å². The first-order valence-corrected chi connectivity index (χ1v) is 7.28. The Morgan fingerprint density at radius 2 is 2.44 bits per heavy atom. The molecule has 3 nitrogen and oxygen atoms in total. The molecular weight excluding hydrogens is 246 g/mol. The number of hydrogen-bond donors (Lipinski definition) is 2. The average molecular weight is 263 g/mol. The van der Waals surface area contributed by atoms with Gasteiger partial charge >= 0.3 is 0 Å². The maximum absolute atomic E-state index is 10.1. The van der Waals surface area contributed by atoms with Gasteiger partial charge in [0.1, 0.15) is 5.76 Å². The van der Waals surface area contributed by atoms with E-state index in [-0.39, 0.29) is 0 Å². The lowest BCUT2D eigenvalue weighted by Crippen LogP contribution is -2.28. The van der Waals surface area contributed by atoms with Crippen molar-refractivity contribution in [3.8, 4) is 0 Å². The molecule has 1 aliphatic carbocycles. The molecule has 18 heavy (non-hydrogen) atoms. The predicted octanol–water partition coefficient (Wildman–Crippen LogP) is 3.04. The van der Waals surface area contributed by atoms with E-state index in [1.807, 2.05) is 22.9 Å². The second-order valence-corrected chi connectivity index (χ2v) is 5.50. The van der Waals surface area contributed by atoms with Crippen LogP contribution < -0.4 is 5.32 Å². The Hall–Kier alpha value is -1.10. The van der Waals surface area contributed by atoms with E-state index < -0.39 is 6.10 Å². The van der Waals surface area contributed by atoms with E-state index in [0.717, 1.165) is 30.6 Å². The SMILES string of the molecule is OC(CNC1CCCc2occc21)c1ccsc1. The molecule has 96 valence electrons. The quantitative estimate of drug-likeness (QED) is 0.891. The van der Waals surface area contributed by atoms with Crippen molar-refractivity contribution >= 4 is 11.3 Å². The molecule has 1 aliphatic rings. The molecule has 2 N–H and O–H groups in total. The lowest BCUT2D eigenvalue weighted by molar-refractivity contribution is 0.168. The minimum absolute atomic E-state index is 0.320. The summed E-state index contributed by atoms with van der Waals surface area (Å²) < 4.78 is 5.46. The topological polar surface area (TPSA) is 45.4 Å². The third kappa shape index (κ3) is 2.36. The summed E-state index contributed by atoms with van der Waals surface area (Å²) in [7, 11) is 0. The highest BCUT2D eigenvalue weighted by Gasteiger charge is 2.22. The normalized spacial score (nSPS) is 20.6. The molecule has 0 amide bonds. The number of aliphatic hydroxyl groups excluding tert-OH is 1. The van der Waals surface area contributed by atoms with Crippen LogP contribution in [0.5, 0.6) is 0 Å². The summed E-state index contributed by atoms with van der Waals surface area (Å²) in [6.07, 6.45) is 4.64. The number of hydrogen-bond acceptors (Lipinski definition) is 4. The van der Waals surface area contributed by atoms with Crippen LogP contribution >= 0.6 is 11.3 Å². The average Bonchev–Trinajstić information content (AvgIpc) is 3.05. The number of furan rings is 1. The van der Waals surface area contributed by atoms with Gasteiger partial charge in [0.05, 0.1) is 12.4 Å². The molecule has 2 atom stereocenters. The van der Waals surface area contributed by atoms with Crippen molar-refractivity contribution in [2.24, 2.45) is 0 Å². The van der Waals surface area contributed by atoms with Crippen molar-refractivity contribution < 1.29 is 9.52 Å². The Labute approximate surface area is 110 Å². The monoisotopic (exact) mass is 263 g/mol. The molecule has 3 rings (SSSR count). The number of nitrogens with one attached hydrogen (secondary N) is 1.